The summed E-state index contributed by atoms with van der Waals surface area (Å²) in [5.74, 6) is -0.302. The van der Waals surface area contributed by atoms with Gasteiger partial charge in [-0.05, 0) is 37.1 Å². The van der Waals surface area contributed by atoms with E-state index < -0.39 is 0 Å². The van der Waals surface area contributed by atoms with Crippen LogP contribution >= 0.6 is 0 Å². The second-order valence-corrected chi connectivity index (χ2v) is 5.38. The summed E-state index contributed by atoms with van der Waals surface area (Å²) in [7, 11) is 0. The van der Waals surface area contributed by atoms with E-state index in [-0.39, 0.29) is 17.4 Å². The molecule has 1 unspecified atom stereocenters. The Labute approximate surface area is 128 Å². The molecule has 3 rings (SSSR count). The molecule has 0 aliphatic rings. The lowest BCUT2D eigenvalue weighted by Gasteiger charge is -2.12. The monoisotopic (exact) mass is 296 g/mol. The topological polar surface area (TPSA) is 37.8 Å². The first-order valence-corrected chi connectivity index (χ1v) is 7.20. The predicted molar refractivity (Wildman–Crippen MR) is 85.4 cm³/mol. The molecule has 0 aliphatic heterocycles. The van der Waals surface area contributed by atoms with E-state index in [0.29, 0.717) is 5.56 Å². The van der Waals surface area contributed by atoms with E-state index in [1.807, 2.05) is 50.2 Å². The number of benzene rings is 2. The van der Waals surface area contributed by atoms with Crippen molar-refractivity contribution < 1.29 is 4.39 Å². The van der Waals surface area contributed by atoms with Gasteiger partial charge in [-0.3, -0.25) is 9.89 Å². The number of aromatic amines is 1. The van der Waals surface area contributed by atoms with Gasteiger partial charge in [0.15, 0.2) is 0 Å². The first kappa shape index (κ1) is 14.3. The van der Waals surface area contributed by atoms with Crippen molar-refractivity contribution in [2.24, 2.45) is 0 Å². The molecule has 0 saturated heterocycles. The Bertz CT molecular complexity index is 849. The van der Waals surface area contributed by atoms with Crippen LogP contribution in [0, 0.1) is 12.7 Å². The second-order valence-electron chi connectivity index (χ2n) is 5.38. The molecule has 22 heavy (non-hydrogen) atoms. The van der Waals surface area contributed by atoms with Crippen molar-refractivity contribution in [3.05, 3.63) is 82.0 Å². The quantitative estimate of drug-likeness (QED) is 0.782. The van der Waals surface area contributed by atoms with E-state index in [0.717, 1.165) is 16.8 Å². The normalized spacial score (nSPS) is 12.3. The third-order valence-corrected chi connectivity index (χ3v) is 3.88. The zero-order chi connectivity index (χ0) is 15.7. The molecule has 1 heterocycles. The Hall–Kier alpha value is -2.62. The third kappa shape index (κ3) is 2.48. The van der Waals surface area contributed by atoms with Crippen molar-refractivity contribution in [1.29, 1.82) is 0 Å². The number of aromatic nitrogens is 2. The minimum absolute atomic E-state index is 0.0968. The van der Waals surface area contributed by atoms with Gasteiger partial charge in [0.1, 0.15) is 5.82 Å². The first-order valence-electron chi connectivity index (χ1n) is 7.20. The lowest BCUT2D eigenvalue weighted by Crippen LogP contribution is -2.22. The Morgan fingerprint density at radius 1 is 1.09 bits per heavy atom. The van der Waals surface area contributed by atoms with Crippen molar-refractivity contribution in [3.8, 4) is 11.1 Å². The average Bonchev–Trinajstić information content (AvgIpc) is 2.82. The molecular formula is C18H17FN2O. The van der Waals surface area contributed by atoms with E-state index >= 15 is 0 Å². The molecule has 4 heteroatoms. The van der Waals surface area contributed by atoms with Gasteiger partial charge in [-0.25, -0.2) is 9.07 Å². The molecule has 0 fully saturated rings. The number of nitrogens with zero attached hydrogens (tertiary/aromatic N) is 1. The van der Waals surface area contributed by atoms with Gasteiger partial charge in [0.05, 0.1) is 11.6 Å². The summed E-state index contributed by atoms with van der Waals surface area (Å²) in [6, 6.07) is 15.6. The molecule has 0 saturated carbocycles. The minimum atomic E-state index is -0.302. The van der Waals surface area contributed by atoms with Gasteiger partial charge in [-0.2, -0.15) is 0 Å². The molecular weight excluding hydrogens is 279 g/mol. The fraction of sp³-hybridized carbons (Fsp3) is 0.167. The summed E-state index contributed by atoms with van der Waals surface area (Å²) in [4.78, 5) is 12.7. The van der Waals surface area contributed by atoms with Crippen LogP contribution in [0.15, 0.2) is 59.4 Å². The summed E-state index contributed by atoms with van der Waals surface area (Å²) in [5, 5.41) is 3.11. The molecule has 1 atom stereocenters. The molecule has 3 nitrogen and oxygen atoms in total. The van der Waals surface area contributed by atoms with E-state index in [1.165, 1.54) is 12.1 Å². The molecule has 0 bridgehead atoms. The maximum atomic E-state index is 13.4. The smallest absolute Gasteiger partial charge is 0.275 e. The third-order valence-electron chi connectivity index (χ3n) is 3.88. The van der Waals surface area contributed by atoms with Crippen molar-refractivity contribution in [3.63, 3.8) is 0 Å². The van der Waals surface area contributed by atoms with Gasteiger partial charge in [0, 0.05) is 5.69 Å². The number of hydrogen-bond acceptors (Lipinski definition) is 1. The van der Waals surface area contributed by atoms with Crippen LogP contribution in [0.2, 0.25) is 0 Å². The molecule has 0 aliphatic carbocycles. The highest BCUT2D eigenvalue weighted by Gasteiger charge is 2.18. The second kappa shape index (κ2) is 5.64. The van der Waals surface area contributed by atoms with Crippen LogP contribution < -0.4 is 5.56 Å². The van der Waals surface area contributed by atoms with Crippen LogP contribution in [0.4, 0.5) is 4.39 Å². The molecule has 2 aromatic carbocycles. The van der Waals surface area contributed by atoms with E-state index in [2.05, 4.69) is 5.10 Å². The summed E-state index contributed by atoms with van der Waals surface area (Å²) >= 11 is 0. The Morgan fingerprint density at radius 2 is 1.82 bits per heavy atom. The Balaban J connectivity index is 2.09. The highest BCUT2D eigenvalue weighted by Crippen LogP contribution is 2.22. The summed E-state index contributed by atoms with van der Waals surface area (Å²) in [6.07, 6.45) is 0. The highest BCUT2D eigenvalue weighted by atomic mass is 19.1. The van der Waals surface area contributed by atoms with Crippen LogP contribution in [0.5, 0.6) is 0 Å². The lowest BCUT2D eigenvalue weighted by molar-refractivity contribution is 0.538. The molecule has 0 radical (unpaired) electrons. The maximum absolute atomic E-state index is 13.4. The number of rotatable bonds is 3. The highest BCUT2D eigenvalue weighted by molar-refractivity contribution is 5.64. The predicted octanol–water partition coefficient (Wildman–Crippen LogP) is 3.90. The average molecular weight is 296 g/mol. The number of nitrogens with one attached hydrogen (secondary N) is 1. The van der Waals surface area contributed by atoms with Gasteiger partial charge < -0.3 is 0 Å². The molecule has 112 valence electrons. The molecule has 1 aromatic heterocycles. The van der Waals surface area contributed by atoms with Gasteiger partial charge in [0.25, 0.3) is 5.56 Å². The lowest BCUT2D eigenvalue weighted by atomic mass is 10.1. The van der Waals surface area contributed by atoms with Crippen LogP contribution in [0.25, 0.3) is 11.1 Å². The van der Waals surface area contributed by atoms with Gasteiger partial charge >= 0.3 is 0 Å². The summed E-state index contributed by atoms with van der Waals surface area (Å²) < 4.78 is 14.9. The zero-order valence-electron chi connectivity index (χ0n) is 12.5. The van der Waals surface area contributed by atoms with Gasteiger partial charge in [-0.15, -0.1) is 0 Å². The number of H-pyrrole nitrogens is 1. The molecule has 0 amide bonds. The SMILES string of the molecule is Cc1[nH]n(C(C)c2cccc(F)c2)c(=O)c1-c1ccccc1. The number of hydrogen-bond donors (Lipinski definition) is 1. The van der Waals surface area contributed by atoms with E-state index in [1.54, 1.807) is 10.7 Å². The fourth-order valence-corrected chi connectivity index (χ4v) is 2.70. The van der Waals surface area contributed by atoms with Gasteiger partial charge in [0.2, 0.25) is 0 Å². The summed E-state index contributed by atoms with van der Waals surface area (Å²) in [5.41, 5.74) is 3.00. The Kier molecular flexibility index (Phi) is 3.67. The van der Waals surface area contributed by atoms with Crippen molar-refractivity contribution in [2.75, 3.05) is 0 Å². The molecule has 3 aromatic rings. The maximum Gasteiger partial charge on any atom is 0.275 e. The van der Waals surface area contributed by atoms with E-state index in [4.69, 9.17) is 0 Å². The van der Waals surface area contributed by atoms with Crippen LogP contribution in [-0.4, -0.2) is 9.78 Å². The first-order chi connectivity index (χ1) is 10.6. The molecule has 0 spiro atoms. The van der Waals surface area contributed by atoms with Crippen LogP contribution in [0.3, 0.4) is 0 Å². The minimum Gasteiger partial charge on any atom is -0.299 e. The molecule has 1 N–H and O–H groups in total. The van der Waals surface area contributed by atoms with Crippen molar-refractivity contribution in [1.82, 2.24) is 9.78 Å². The van der Waals surface area contributed by atoms with Crippen LogP contribution in [0.1, 0.15) is 24.2 Å². The van der Waals surface area contributed by atoms with E-state index in [9.17, 15) is 9.18 Å². The van der Waals surface area contributed by atoms with Crippen molar-refractivity contribution in [2.45, 2.75) is 19.9 Å². The van der Waals surface area contributed by atoms with Crippen molar-refractivity contribution >= 4 is 0 Å². The largest absolute Gasteiger partial charge is 0.299 e. The van der Waals surface area contributed by atoms with Crippen LogP contribution in [-0.2, 0) is 0 Å². The zero-order valence-corrected chi connectivity index (χ0v) is 12.5. The number of halogens is 1. The number of aryl methyl sites for hydroxylation is 1. The Morgan fingerprint density at radius 3 is 2.50 bits per heavy atom. The standard InChI is InChI=1S/C18H17FN2O/c1-12-17(14-7-4-3-5-8-14)18(22)21(20-12)13(2)15-9-6-10-16(19)11-15/h3-11,13,20H,1-2H3. The summed E-state index contributed by atoms with van der Waals surface area (Å²) in [6.45, 7) is 3.75. The fourth-order valence-electron chi connectivity index (χ4n) is 2.70. The van der Waals surface area contributed by atoms with Gasteiger partial charge in [-0.1, -0.05) is 42.5 Å².